The summed E-state index contributed by atoms with van der Waals surface area (Å²) < 4.78 is 77.8. The molecule has 0 saturated heterocycles. The SMILES string of the molecule is NCCO.O=C(O)CCc1cn(-c2cc(C(F)(F)F)cc(C(F)(F)F)c2)cn1. The van der Waals surface area contributed by atoms with Gasteiger partial charge in [0.1, 0.15) is 0 Å². The number of aliphatic carboxylic acids is 1. The maximum absolute atomic E-state index is 12.8. The van der Waals surface area contributed by atoms with Crippen LogP contribution in [0.15, 0.2) is 30.7 Å². The molecule has 0 bridgehead atoms. The third-order valence-electron chi connectivity index (χ3n) is 3.23. The van der Waals surface area contributed by atoms with Gasteiger partial charge in [0, 0.05) is 24.8 Å². The van der Waals surface area contributed by atoms with E-state index in [1.807, 2.05) is 0 Å². The third-order valence-corrected chi connectivity index (χ3v) is 3.23. The number of benzene rings is 1. The van der Waals surface area contributed by atoms with Gasteiger partial charge in [-0.25, -0.2) is 4.98 Å². The lowest BCUT2D eigenvalue weighted by Crippen LogP contribution is -2.12. The van der Waals surface area contributed by atoms with Crippen LogP contribution < -0.4 is 5.73 Å². The Bertz CT molecular complexity index is 752. The highest BCUT2D eigenvalue weighted by molar-refractivity contribution is 5.66. The van der Waals surface area contributed by atoms with Crippen molar-refractivity contribution in [2.24, 2.45) is 5.73 Å². The zero-order chi connectivity index (χ0) is 21.5. The number of aliphatic hydroxyl groups is 1. The predicted octanol–water partition coefficient (Wildman–Crippen LogP) is 2.86. The number of nitrogens with zero attached hydrogens (tertiary/aromatic N) is 2. The highest BCUT2D eigenvalue weighted by Crippen LogP contribution is 2.37. The molecule has 0 spiro atoms. The molecule has 4 N–H and O–H groups in total. The zero-order valence-electron chi connectivity index (χ0n) is 14.3. The van der Waals surface area contributed by atoms with E-state index in [-0.39, 0.29) is 36.9 Å². The molecule has 28 heavy (non-hydrogen) atoms. The van der Waals surface area contributed by atoms with Crippen molar-refractivity contribution in [3.05, 3.63) is 47.5 Å². The van der Waals surface area contributed by atoms with E-state index in [4.69, 9.17) is 15.9 Å². The summed E-state index contributed by atoms with van der Waals surface area (Å²) in [5.74, 6) is -1.09. The monoisotopic (exact) mass is 413 g/mol. The molecular formula is C16H17F6N3O3. The molecule has 0 aliphatic heterocycles. The molecule has 2 rings (SSSR count). The van der Waals surface area contributed by atoms with Crippen LogP contribution in [0.1, 0.15) is 23.2 Å². The number of imidazole rings is 1. The molecular weight excluding hydrogens is 396 g/mol. The molecule has 0 fully saturated rings. The summed E-state index contributed by atoms with van der Waals surface area (Å²) in [4.78, 5) is 14.3. The molecule has 0 saturated carbocycles. The summed E-state index contributed by atoms with van der Waals surface area (Å²) in [5, 5.41) is 16.3. The Balaban J connectivity index is 0.000000892. The molecule has 156 valence electrons. The molecule has 0 aliphatic rings. The van der Waals surface area contributed by atoms with Crippen LogP contribution in [0.3, 0.4) is 0 Å². The smallest absolute Gasteiger partial charge is 0.416 e. The topological polar surface area (TPSA) is 101 Å². The maximum Gasteiger partial charge on any atom is 0.416 e. The van der Waals surface area contributed by atoms with Crippen molar-refractivity contribution >= 4 is 5.97 Å². The quantitative estimate of drug-likeness (QED) is 0.655. The maximum atomic E-state index is 12.8. The predicted molar refractivity (Wildman–Crippen MR) is 85.7 cm³/mol. The van der Waals surface area contributed by atoms with Gasteiger partial charge >= 0.3 is 18.3 Å². The minimum Gasteiger partial charge on any atom is -0.481 e. The number of alkyl halides is 6. The Morgan fingerprint density at radius 1 is 1.07 bits per heavy atom. The van der Waals surface area contributed by atoms with E-state index >= 15 is 0 Å². The van der Waals surface area contributed by atoms with E-state index in [1.165, 1.54) is 6.20 Å². The molecule has 0 aliphatic carbocycles. The number of carboxylic acid groups (broad SMARTS) is 1. The van der Waals surface area contributed by atoms with E-state index in [0.717, 1.165) is 10.9 Å². The Hall–Kier alpha value is -2.60. The van der Waals surface area contributed by atoms with Gasteiger partial charge in [0.05, 0.1) is 36.2 Å². The van der Waals surface area contributed by atoms with Crippen LogP contribution in [0.5, 0.6) is 0 Å². The lowest BCUT2D eigenvalue weighted by Gasteiger charge is -2.14. The van der Waals surface area contributed by atoms with Crippen molar-refractivity contribution < 1.29 is 41.4 Å². The molecule has 12 heteroatoms. The van der Waals surface area contributed by atoms with Gasteiger partial charge in [-0.2, -0.15) is 26.3 Å². The molecule has 0 amide bonds. The van der Waals surface area contributed by atoms with Gasteiger partial charge in [-0.1, -0.05) is 0 Å². The molecule has 0 unspecified atom stereocenters. The number of aromatic nitrogens is 2. The van der Waals surface area contributed by atoms with Gasteiger partial charge in [-0.15, -0.1) is 0 Å². The first kappa shape index (κ1) is 23.4. The molecule has 0 radical (unpaired) electrons. The Morgan fingerprint density at radius 3 is 1.96 bits per heavy atom. The minimum absolute atomic E-state index is 0.00736. The summed E-state index contributed by atoms with van der Waals surface area (Å²) in [6.45, 7) is 0.472. The Kier molecular flexibility index (Phi) is 8.00. The second-order valence-electron chi connectivity index (χ2n) is 5.44. The van der Waals surface area contributed by atoms with Crippen molar-refractivity contribution in [2.75, 3.05) is 13.2 Å². The van der Waals surface area contributed by atoms with Crippen molar-refractivity contribution in [2.45, 2.75) is 25.2 Å². The molecule has 6 nitrogen and oxygen atoms in total. The highest BCUT2D eigenvalue weighted by Gasteiger charge is 2.37. The second-order valence-corrected chi connectivity index (χ2v) is 5.44. The zero-order valence-corrected chi connectivity index (χ0v) is 14.3. The van der Waals surface area contributed by atoms with Gasteiger partial charge in [0.2, 0.25) is 0 Å². The molecule has 1 aromatic heterocycles. The Morgan fingerprint density at radius 2 is 1.57 bits per heavy atom. The first-order valence-corrected chi connectivity index (χ1v) is 7.74. The second kappa shape index (κ2) is 9.55. The van der Waals surface area contributed by atoms with Crippen molar-refractivity contribution in [1.82, 2.24) is 9.55 Å². The average molecular weight is 413 g/mol. The van der Waals surface area contributed by atoms with Gasteiger partial charge in [-0.05, 0) is 18.2 Å². The van der Waals surface area contributed by atoms with E-state index in [9.17, 15) is 31.1 Å². The van der Waals surface area contributed by atoms with Crippen LogP contribution in [0.4, 0.5) is 26.3 Å². The number of halogens is 6. The molecule has 2 aromatic rings. The first-order chi connectivity index (χ1) is 12.9. The van der Waals surface area contributed by atoms with Gasteiger partial charge in [0.15, 0.2) is 0 Å². The van der Waals surface area contributed by atoms with E-state index in [0.29, 0.717) is 18.7 Å². The first-order valence-electron chi connectivity index (χ1n) is 7.74. The largest absolute Gasteiger partial charge is 0.481 e. The fourth-order valence-corrected chi connectivity index (χ4v) is 1.96. The van der Waals surface area contributed by atoms with Crippen LogP contribution in [0.25, 0.3) is 5.69 Å². The lowest BCUT2D eigenvalue weighted by molar-refractivity contribution is -0.143. The normalized spacial score (nSPS) is 11.7. The summed E-state index contributed by atoms with van der Waals surface area (Å²) in [5.41, 5.74) is 1.77. The summed E-state index contributed by atoms with van der Waals surface area (Å²) in [6.07, 6.45) is -7.91. The van der Waals surface area contributed by atoms with Crippen molar-refractivity contribution in [3.63, 3.8) is 0 Å². The number of aliphatic hydroxyl groups excluding tert-OH is 1. The van der Waals surface area contributed by atoms with E-state index in [1.54, 1.807) is 0 Å². The number of carbonyl (C=O) groups is 1. The summed E-state index contributed by atoms with van der Waals surface area (Å²) in [7, 11) is 0. The highest BCUT2D eigenvalue weighted by atomic mass is 19.4. The van der Waals surface area contributed by atoms with Crippen molar-refractivity contribution in [3.8, 4) is 5.69 Å². The average Bonchev–Trinajstić information content (AvgIpc) is 3.07. The lowest BCUT2D eigenvalue weighted by atomic mass is 10.1. The van der Waals surface area contributed by atoms with Gasteiger partial charge < -0.3 is 20.5 Å². The van der Waals surface area contributed by atoms with Crippen LogP contribution in [0.2, 0.25) is 0 Å². The summed E-state index contributed by atoms with van der Waals surface area (Å²) >= 11 is 0. The third kappa shape index (κ3) is 7.19. The van der Waals surface area contributed by atoms with Crippen LogP contribution in [0, 0.1) is 0 Å². The van der Waals surface area contributed by atoms with E-state index in [2.05, 4.69) is 4.98 Å². The summed E-state index contributed by atoms with van der Waals surface area (Å²) in [6, 6.07) is 1.17. The number of hydrogen-bond donors (Lipinski definition) is 3. The number of carboxylic acids is 1. The minimum atomic E-state index is -4.94. The van der Waals surface area contributed by atoms with Gasteiger partial charge in [-0.3, -0.25) is 4.79 Å². The number of aryl methyl sites for hydroxylation is 1. The number of nitrogens with two attached hydrogens (primary N) is 1. The Labute approximate surface area is 155 Å². The molecule has 1 heterocycles. The van der Waals surface area contributed by atoms with E-state index < -0.39 is 29.4 Å². The van der Waals surface area contributed by atoms with Gasteiger partial charge in [0.25, 0.3) is 0 Å². The fourth-order valence-electron chi connectivity index (χ4n) is 1.96. The van der Waals surface area contributed by atoms with Crippen LogP contribution >= 0.6 is 0 Å². The van der Waals surface area contributed by atoms with Crippen LogP contribution in [-0.2, 0) is 23.6 Å². The molecule has 1 aromatic carbocycles. The fraction of sp³-hybridized carbons (Fsp3) is 0.375. The number of hydrogen-bond acceptors (Lipinski definition) is 4. The van der Waals surface area contributed by atoms with Crippen molar-refractivity contribution in [1.29, 1.82) is 0 Å². The standard InChI is InChI=1S/C14H10F6N2O2.C2H7NO/c15-13(16,17)8-3-9(14(18,19)20)5-11(4-8)22-6-10(21-7-22)1-2-12(23)24;3-1-2-4/h3-7H,1-2H2,(H,23,24);4H,1-3H2. The number of rotatable bonds is 5. The molecule has 0 atom stereocenters. The van der Waals surface area contributed by atoms with Crippen LogP contribution in [-0.4, -0.2) is 38.9 Å².